The fraction of sp³-hybridized carbons (Fsp3) is 0.273. The molecule has 0 aliphatic carbocycles. The van der Waals surface area contributed by atoms with E-state index >= 15 is 0 Å². The molecule has 11 heteroatoms. The largest absolute Gasteiger partial charge is 0.416 e. The number of carbonyl (C=O) groups excluding carboxylic acids is 2. The Labute approximate surface area is 191 Å². The topological polar surface area (TPSA) is 76.9 Å². The number of aryl methyl sites for hydroxylation is 1. The lowest BCUT2D eigenvalue weighted by atomic mass is 10.1. The summed E-state index contributed by atoms with van der Waals surface area (Å²) in [5.74, 6) is -0.603. The van der Waals surface area contributed by atoms with Crippen LogP contribution in [0.2, 0.25) is 0 Å². The molecule has 0 aliphatic heterocycles. The van der Waals surface area contributed by atoms with E-state index in [2.05, 4.69) is 15.5 Å². The highest BCUT2D eigenvalue weighted by Crippen LogP contribution is 2.32. The molecule has 33 heavy (non-hydrogen) atoms. The Morgan fingerprint density at radius 1 is 1.09 bits per heavy atom. The van der Waals surface area contributed by atoms with Crippen molar-refractivity contribution in [3.05, 3.63) is 71.3 Å². The normalized spacial score (nSPS) is 11.4. The predicted molar refractivity (Wildman–Crippen MR) is 115 cm³/mol. The maximum absolute atomic E-state index is 13.2. The second kappa shape index (κ2) is 10.6. The van der Waals surface area contributed by atoms with Gasteiger partial charge in [-0.2, -0.15) is 13.2 Å². The van der Waals surface area contributed by atoms with Crippen LogP contribution in [0.4, 0.5) is 17.6 Å². The molecule has 0 bridgehead atoms. The second-order valence-electron chi connectivity index (χ2n) is 7.09. The zero-order chi connectivity index (χ0) is 24.0. The van der Waals surface area contributed by atoms with Crippen molar-refractivity contribution in [2.24, 2.45) is 0 Å². The number of thioether (sulfide) groups is 1. The minimum atomic E-state index is -4.53. The van der Waals surface area contributed by atoms with Crippen LogP contribution in [0.1, 0.15) is 35.1 Å². The highest BCUT2D eigenvalue weighted by atomic mass is 32.2. The molecule has 1 heterocycles. The highest BCUT2D eigenvalue weighted by Gasteiger charge is 2.31. The molecule has 2 aromatic carbocycles. The van der Waals surface area contributed by atoms with Crippen molar-refractivity contribution in [1.29, 1.82) is 0 Å². The molecule has 0 spiro atoms. The van der Waals surface area contributed by atoms with Crippen LogP contribution in [0, 0.1) is 5.82 Å². The smallest absolute Gasteiger partial charge is 0.356 e. The molecule has 1 amide bonds. The quantitative estimate of drug-likeness (QED) is 0.212. The van der Waals surface area contributed by atoms with E-state index in [0.29, 0.717) is 30.8 Å². The molecule has 0 fully saturated rings. The lowest BCUT2D eigenvalue weighted by molar-refractivity contribution is -0.137. The summed E-state index contributed by atoms with van der Waals surface area (Å²) in [7, 11) is 0. The molecule has 1 aromatic heterocycles. The summed E-state index contributed by atoms with van der Waals surface area (Å²) in [5, 5.41) is 11.1. The van der Waals surface area contributed by atoms with Gasteiger partial charge in [-0.25, -0.2) is 4.39 Å². The van der Waals surface area contributed by atoms with Crippen LogP contribution < -0.4 is 5.32 Å². The first kappa shape index (κ1) is 24.4. The van der Waals surface area contributed by atoms with Gasteiger partial charge >= 0.3 is 6.18 Å². The van der Waals surface area contributed by atoms with E-state index in [1.165, 1.54) is 47.9 Å². The van der Waals surface area contributed by atoms with Crippen LogP contribution in [0.3, 0.4) is 0 Å². The van der Waals surface area contributed by atoms with Gasteiger partial charge in [-0.1, -0.05) is 17.8 Å². The van der Waals surface area contributed by atoms with Crippen LogP contribution in [-0.2, 0) is 17.4 Å². The molecule has 3 rings (SSSR count). The molecule has 0 saturated carbocycles. The summed E-state index contributed by atoms with van der Waals surface area (Å²) in [6.45, 7) is 1.76. The zero-order valence-corrected chi connectivity index (χ0v) is 18.3. The number of amides is 1. The van der Waals surface area contributed by atoms with Crippen LogP contribution in [-0.4, -0.2) is 38.8 Å². The van der Waals surface area contributed by atoms with Crippen LogP contribution in [0.5, 0.6) is 0 Å². The molecule has 3 aromatic rings. The lowest BCUT2D eigenvalue weighted by Crippen LogP contribution is -2.21. The number of nitrogens with zero attached hydrogens (tertiary/aromatic N) is 3. The van der Waals surface area contributed by atoms with Gasteiger partial charge < -0.3 is 5.32 Å². The number of hydrogen-bond acceptors (Lipinski definition) is 5. The van der Waals surface area contributed by atoms with Crippen molar-refractivity contribution < 1.29 is 27.2 Å². The van der Waals surface area contributed by atoms with Gasteiger partial charge in [0.25, 0.3) is 0 Å². The number of alkyl halides is 3. The second-order valence-corrected chi connectivity index (χ2v) is 8.03. The molecular formula is C22H20F4N4O2S. The number of ketones is 1. The first-order valence-electron chi connectivity index (χ1n) is 9.93. The van der Waals surface area contributed by atoms with E-state index in [1.54, 1.807) is 0 Å². The SMILES string of the molecule is CC(=O)NCCCc1nnc(SCC(=O)c2ccc(F)cc2)n1-c1cccc(C(F)(F)F)c1. The molecule has 0 radical (unpaired) electrons. The van der Waals surface area contributed by atoms with Crippen molar-refractivity contribution in [2.45, 2.75) is 31.1 Å². The van der Waals surface area contributed by atoms with Gasteiger partial charge in [0.05, 0.1) is 11.3 Å². The number of rotatable bonds is 9. The maximum Gasteiger partial charge on any atom is 0.416 e. The average Bonchev–Trinajstić information content (AvgIpc) is 3.17. The molecule has 0 unspecified atom stereocenters. The van der Waals surface area contributed by atoms with Gasteiger partial charge in [0, 0.05) is 31.1 Å². The first-order chi connectivity index (χ1) is 15.6. The van der Waals surface area contributed by atoms with E-state index in [-0.39, 0.29) is 28.3 Å². The Morgan fingerprint density at radius 3 is 2.48 bits per heavy atom. The van der Waals surface area contributed by atoms with Crippen molar-refractivity contribution in [2.75, 3.05) is 12.3 Å². The fourth-order valence-corrected chi connectivity index (χ4v) is 3.86. The van der Waals surface area contributed by atoms with E-state index < -0.39 is 17.6 Å². The number of hydrogen-bond donors (Lipinski definition) is 1. The molecule has 1 N–H and O–H groups in total. The van der Waals surface area contributed by atoms with Gasteiger partial charge in [0.2, 0.25) is 5.91 Å². The third-order valence-electron chi connectivity index (χ3n) is 4.58. The predicted octanol–water partition coefficient (Wildman–Crippen LogP) is 4.47. The molecule has 6 nitrogen and oxygen atoms in total. The highest BCUT2D eigenvalue weighted by molar-refractivity contribution is 7.99. The summed E-state index contributed by atoms with van der Waals surface area (Å²) >= 11 is 1.02. The number of aromatic nitrogens is 3. The van der Waals surface area contributed by atoms with Gasteiger partial charge in [-0.3, -0.25) is 14.2 Å². The summed E-state index contributed by atoms with van der Waals surface area (Å²) in [5.41, 5.74) is -0.304. The van der Waals surface area contributed by atoms with Crippen molar-refractivity contribution in [1.82, 2.24) is 20.1 Å². The Hall–Kier alpha value is -3.21. The summed E-state index contributed by atoms with van der Waals surface area (Å²) in [6.07, 6.45) is -3.69. The van der Waals surface area contributed by atoms with Gasteiger partial charge in [-0.05, 0) is 48.9 Å². The van der Waals surface area contributed by atoms with E-state index in [0.717, 1.165) is 23.9 Å². The summed E-state index contributed by atoms with van der Waals surface area (Å²) in [4.78, 5) is 23.5. The van der Waals surface area contributed by atoms with Gasteiger partial charge in [0.1, 0.15) is 11.6 Å². The first-order valence-corrected chi connectivity index (χ1v) is 10.9. The minimum absolute atomic E-state index is 0.0609. The van der Waals surface area contributed by atoms with E-state index in [1.807, 2.05) is 0 Å². The Bertz CT molecular complexity index is 1130. The van der Waals surface area contributed by atoms with E-state index in [4.69, 9.17) is 0 Å². The van der Waals surface area contributed by atoms with Crippen molar-refractivity contribution in [3.8, 4) is 5.69 Å². The third-order valence-corrected chi connectivity index (χ3v) is 5.51. The molecule has 0 saturated heterocycles. The number of halogens is 4. The van der Waals surface area contributed by atoms with Crippen molar-refractivity contribution >= 4 is 23.5 Å². The fourth-order valence-electron chi connectivity index (χ4n) is 3.00. The monoisotopic (exact) mass is 480 g/mol. The molecule has 0 aliphatic rings. The zero-order valence-electron chi connectivity index (χ0n) is 17.5. The summed E-state index contributed by atoms with van der Waals surface area (Å²) in [6, 6.07) is 9.83. The Balaban J connectivity index is 1.86. The molecule has 0 atom stereocenters. The number of nitrogens with one attached hydrogen (secondary N) is 1. The minimum Gasteiger partial charge on any atom is -0.356 e. The average molecular weight is 480 g/mol. The third kappa shape index (κ3) is 6.64. The van der Waals surface area contributed by atoms with Crippen LogP contribution in [0.15, 0.2) is 53.7 Å². The number of benzene rings is 2. The Morgan fingerprint density at radius 2 is 1.82 bits per heavy atom. The van der Waals surface area contributed by atoms with Crippen molar-refractivity contribution in [3.63, 3.8) is 0 Å². The molecular weight excluding hydrogens is 460 g/mol. The van der Waals surface area contributed by atoms with Gasteiger partial charge in [0.15, 0.2) is 10.9 Å². The van der Waals surface area contributed by atoms with Gasteiger partial charge in [-0.15, -0.1) is 10.2 Å². The number of Topliss-reactive ketones (excluding diaryl/α,β-unsaturated/α-hetero) is 1. The summed E-state index contributed by atoms with van der Waals surface area (Å²) < 4.78 is 54.3. The van der Waals surface area contributed by atoms with Crippen LogP contribution in [0.25, 0.3) is 5.69 Å². The maximum atomic E-state index is 13.2. The standard InChI is InChI=1S/C22H20F4N4O2S/c1-14(31)27-11-3-6-20-28-29-21(33-13-19(32)15-7-9-17(23)10-8-15)30(20)18-5-2-4-16(12-18)22(24,25)26/h2,4-5,7-10,12H,3,6,11,13H2,1H3,(H,27,31). The molecule has 174 valence electrons. The van der Waals surface area contributed by atoms with E-state index in [9.17, 15) is 27.2 Å². The Kier molecular flexibility index (Phi) is 7.85. The number of carbonyl (C=O) groups is 2. The van der Waals surface area contributed by atoms with Crippen LogP contribution >= 0.6 is 11.8 Å². The lowest BCUT2D eigenvalue weighted by Gasteiger charge is -2.13.